The average molecular weight is 520 g/mol. The number of hydrogen-bond donors (Lipinski definition) is 2. The molecule has 1 fully saturated rings. The van der Waals surface area contributed by atoms with Gasteiger partial charge in [-0.25, -0.2) is 9.97 Å². The summed E-state index contributed by atoms with van der Waals surface area (Å²) in [6.07, 6.45) is 5.48. The van der Waals surface area contributed by atoms with E-state index in [1.54, 1.807) is 18.3 Å². The van der Waals surface area contributed by atoms with E-state index in [-0.39, 0.29) is 11.5 Å². The van der Waals surface area contributed by atoms with Crippen molar-refractivity contribution in [3.63, 3.8) is 0 Å². The Hall–Kier alpha value is -4.03. The first-order chi connectivity index (χ1) is 18.0. The van der Waals surface area contributed by atoms with Gasteiger partial charge in [0.25, 0.3) is 5.91 Å². The van der Waals surface area contributed by atoms with Gasteiger partial charge in [0.15, 0.2) is 22.3 Å². The number of fused-ring (bicyclic) bond motifs is 1. The van der Waals surface area contributed by atoms with E-state index in [1.807, 2.05) is 24.0 Å². The highest BCUT2D eigenvalue weighted by atomic mass is 32.1. The predicted molar refractivity (Wildman–Crippen MR) is 140 cm³/mol. The monoisotopic (exact) mass is 519 g/mol. The number of hydrogen-bond acceptors (Lipinski definition) is 11. The van der Waals surface area contributed by atoms with Crippen LogP contribution in [0.4, 0.5) is 16.6 Å². The summed E-state index contributed by atoms with van der Waals surface area (Å²) in [5.41, 5.74) is 2.84. The standard InChI is InChI=1S/C25H25N7O4S/c1-15-11-16(4-5-26-15)24-28-19(14-36-24)23(34)27-18-12-20-21(29-22(18)32-6-2-3-17(33)13-32)30-25(37-20)31-7-9-35-10-8-31/h3-5,11-12,14,33H,2,6-10,13H2,1H3,(H,27,34). The molecule has 0 unspecified atom stereocenters. The van der Waals surface area contributed by atoms with E-state index in [0.29, 0.717) is 55.8 Å². The quantitative estimate of drug-likeness (QED) is 0.402. The summed E-state index contributed by atoms with van der Waals surface area (Å²) in [5, 5.41) is 14.0. The normalized spacial score (nSPS) is 16.2. The van der Waals surface area contributed by atoms with Crippen LogP contribution < -0.4 is 15.1 Å². The maximum atomic E-state index is 13.2. The van der Waals surface area contributed by atoms with Crippen LogP contribution in [0.25, 0.3) is 21.8 Å². The lowest BCUT2D eigenvalue weighted by molar-refractivity contribution is 0.102. The first kappa shape index (κ1) is 23.4. The largest absolute Gasteiger partial charge is 0.511 e. The highest BCUT2D eigenvalue weighted by Crippen LogP contribution is 2.35. The van der Waals surface area contributed by atoms with Crippen molar-refractivity contribution in [2.75, 3.05) is 54.5 Å². The van der Waals surface area contributed by atoms with Gasteiger partial charge in [-0.1, -0.05) is 11.3 Å². The molecular weight excluding hydrogens is 494 g/mol. The van der Waals surface area contributed by atoms with Crippen LogP contribution in [0.15, 0.2) is 46.9 Å². The molecule has 0 atom stereocenters. The minimum Gasteiger partial charge on any atom is -0.511 e. The minimum atomic E-state index is -0.419. The van der Waals surface area contributed by atoms with Crippen LogP contribution in [0.3, 0.4) is 0 Å². The number of aliphatic hydroxyl groups excluding tert-OH is 1. The molecule has 0 aliphatic carbocycles. The Morgan fingerprint density at radius 1 is 1.14 bits per heavy atom. The molecule has 0 spiro atoms. The Bertz CT molecular complexity index is 1490. The molecule has 190 valence electrons. The van der Waals surface area contributed by atoms with Crippen LogP contribution in [0.5, 0.6) is 0 Å². The summed E-state index contributed by atoms with van der Waals surface area (Å²) in [4.78, 5) is 35.5. The molecule has 0 aromatic carbocycles. The van der Waals surface area contributed by atoms with Crippen molar-refractivity contribution in [3.8, 4) is 11.5 Å². The number of rotatable bonds is 5. The van der Waals surface area contributed by atoms with E-state index in [2.05, 4.69) is 20.2 Å². The lowest BCUT2D eigenvalue weighted by atomic mass is 10.2. The Morgan fingerprint density at radius 3 is 2.81 bits per heavy atom. The van der Waals surface area contributed by atoms with E-state index in [4.69, 9.17) is 19.1 Å². The van der Waals surface area contributed by atoms with Gasteiger partial charge >= 0.3 is 0 Å². The number of anilines is 3. The number of oxazole rings is 1. The minimum absolute atomic E-state index is 0.148. The smallest absolute Gasteiger partial charge is 0.277 e. The molecule has 11 nitrogen and oxygen atoms in total. The number of amides is 1. The zero-order valence-electron chi connectivity index (χ0n) is 20.2. The van der Waals surface area contributed by atoms with Crippen molar-refractivity contribution >= 4 is 44.2 Å². The number of carbonyl (C=O) groups excluding carboxylic acids is 1. The molecule has 4 aromatic rings. The van der Waals surface area contributed by atoms with E-state index < -0.39 is 5.91 Å². The number of nitrogens with one attached hydrogen (secondary N) is 1. The molecule has 1 amide bonds. The van der Waals surface area contributed by atoms with Gasteiger partial charge in [-0.15, -0.1) is 0 Å². The van der Waals surface area contributed by atoms with Crippen molar-refractivity contribution in [1.82, 2.24) is 19.9 Å². The van der Waals surface area contributed by atoms with Gasteiger partial charge in [0.2, 0.25) is 5.89 Å². The summed E-state index contributed by atoms with van der Waals surface area (Å²) in [5.74, 6) is 0.741. The number of nitrogens with zero attached hydrogens (tertiary/aromatic N) is 6. The molecule has 0 saturated carbocycles. The van der Waals surface area contributed by atoms with Crippen molar-refractivity contribution in [3.05, 3.63) is 53.9 Å². The molecule has 12 heteroatoms. The summed E-state index contributed by atoms with van der Waals surface area (Å²) >= 11 is 1.53. The van der Waals surface area contributed by atoms with Gasteiger partial charge in [-0.3, -0.25) is 9.78 Å². The molecule has 2 N–H and O–H groups in total. The van der Waals surface area contributed by atoms with Crippen LogP contribution in [0.1, 0.15) is 22.6 Å². The predicted octanol–water partition coefficient (Wildman–Crippen LogP) is 3.79. The number of carbonyl (C=O) groups is 1. The molecule has 0 radical (unpaired) electrons. The topological polar surface area (TPSA) is 130 Å². The number of aliphatic hydroxyl groups is 1. The number of morpholine rings is 1. The fraction of sp³-hybridized carbons (Fsp3) is 0.320. The number of thiazole rings is 1. The number of aryl methyl sites for hydroxylation is 1. The van der Waals surface area contributed by atoms with E-state index in [0.717, 1.165) is 34.2 Å². The summed E-state index contributed by atoms with van der Waals surface area (Å²) in [6.45, 7) is 5.70. The second kappa shape index (κ2) is 9.79. The first-order valence-corrected chi connectivity index (χ1v) is 12.8. The van der Waals surface area contributed by atoms with Crippen molar-refractivity contribution in [1.29, 1.82) is 0 Å². The van der Waals surface area contributed by atoms with Gasteiger partial charge in [0.1, 0.15) is 12.0 Å². The van der Waals surface area contributed by atoms with Gasteiger partial charge in [-0.05, 0) is 37.6 Å². The van der Waals surface area contributed by atoms with Crippen LogP contribution >= 0.6 is 11.3 Å². The number of aromatic nitrogens is 4. The third-order valence-corrected chi connectivity index (χ3v) is 7.25. The third kappa shape index (κ3) is 4.85. The fourth-order valence-corrected chi connectivity index (χ4v) is 5.35. The zero-order valence-corrected chi connectivity index (χ0v) is 21.0. The highest BCUT2D eigenvalue weighted by Gasteiger charge is 2.24. The number of ether oxygens (including phenoxy) is 1. The van der Waals surface area contributed by atoms with Gasteiger partial charge < -0.3 is 29.4 Å². The van der Waals surface area contributed by atoms with Gasteiger partial charge in [-0.2, -0.15) is 4.98 Å². The molecule has 0 bridgehead atoms. The molecular formula is C25H25N7O4S. The maximum absolute atomic E-state index is 13.2. The molecule has 6 rings (SSSR count). The van der Waals surface area contributed by atoms with E-state index >= 15 is 0 Å². The summed E-state index contributed by atoms with van der Waals surface area (Å²) in [7, 11) is 0. The van der Waals surface area contributed by atoms with Gasteiger partial charge in [0.05, 0.1) is 30.1 Å². The molecule has 2 aliphatic rings. The van der Waals surface area contributed by atoms with Crippen LogP contribution in [-0.2, 0) is 4.74 Å². The second-order valence-corrected chi connectivity index (χ2v) is 9.87. The summed E-state index contributed by atoms with van der Waals surface area (Å²) in [6, 6.07) is 5.51. The second-order valence-electron chi connectivity index (χ2n) is 8.86. The van der Waals surface area contributed by atoms with E-state index in [9.17, 15) is 9.90 Å². The Labute approximate surface area is 216 Å². The van der Waals surface area contributed by atoms with Gasteiger partial charge in [0, 0.05) is 37.1 Å². The molecule has 37 heavy (non-hydrogen) atoms. The third-order valence-electron chi connectivity index (χ3n) is 6.19. The van der Waals surface area contributed by atoms with Crippen molar-refractivity contribution in [2.24, 2.45) is 0 Å². The maximum Gasteiger partial charge on any atom is 0.277 e. The lowest BCUT2D eigenvalue weighted by Crippen LogP contribution is -2.36. The van der Waals surface area contributed by atoms with Crippen LogP contribution in [-0.4, -0.2) is 70.3 Å². The number of pyridine rings is 2. The molecule has 2 aliphatic heterocycles. The van der Waals surface area contributed by atoms with Crippen molar-refractivity contribution in [2.45, 2.75) is 13.3 Å². The SMILES string of the molecule is Cc1cc(-c2nc(C(=O)Nc3cc4sc(N5CCOCC5)nc4nc3N3CCC=C(O)C3)co2)ccn1. The lowest BCUT2D eigenvalue weighted by Gasteiger charge is -2.27. The van der Waals surface area contributed by atoms with Crippen LogP contribution in [0.2, 0.25) is 0 Å². The Kier molecular flexibility index (Phi) is 6.18. The zero-order chi connectivity index (χ0) is 25.4. The molecule has 1 saturated heterocycles. The van der Waals surface area contributed by atoms with E-state index in [1.165, 1.54) is 17.6 Å². The highest BCUT2D eigenvalue weighted by molar-refractivity contribution is 7.22. The first-order valence-electron chi connectivity index (χ1n) is 12.0. The van der Waals surface area contributed by atoms with Crippen molar-refractivity contribution < 1.29 is 19.1 Å². The average Bonchev–Trinajstić information content (AvgIpc) is 3.56. The fourth-order valence-electron chi connectivity index (χ4n) is 4.35. The Morgan fingerprint density at radius 2 is 2.00 bits per heavy atom. The van der Waals surface area contributed by atoms with Crippen LogP contribution in [0, 0.1) is 6.92 Å². The molecule has 4 aromatic heterocycles. The summed E-state index contributed by atoms with van der Waals surface area (Å²) < 4.78 is 11.9. The molecule has 6 heterocycles. The Balaban J connectivity index is 1.33.